The average Bonchev–Trinajstić information content (AvgIpc) is 2.85. The van der Waals surface area contributed by atoms with Gasteiger partial charge in [0.05, 0.1) is 24.7 Å². The van der Waals surface area contributed by atoms with E-state index >= 15 is 0 Å². The van der Waals surface area contributed by atoms with E-state index in [4.69, 9.17) is 8.94 Å². The largest absolute Gasteiger partial charge is 0.467 e. The molecule has 0 atom stereocenters. The molecule has 2 heterocycles. The lowest BCUT2D eigenvalue weighted by Gasteiger charge is -2.01. The van der Waals surface area contributed by atoms with Crippen LogP contribution in [0.25, 0.3) is 0 Å². The van der Waals surface area contributed by atoms with Crippen LogP contribution in [-0.2, 0) is 13.0 Å². The number of anilines is 1. The maximum absolute atomic E-state index is 5.19. The van der Waals surface area contributed by atoms with E-state index in [2.05, 4.69) is 10.5 Å². The highest BCUT2D eigenvalue weighted by Gasteiger charge is 2.05. The van der Waals surface area contributed by atoms with Crippen LogP contribution in [0.1, 0.15) is 18.4 Å². The van der Waals surface area contributed by atoms with Crippen LogP contribution in [0.2, 0.25) is 0 Å². The van der Waals surface area contributed by atoms with Gasteiger partial charge in [0, 0.05) is 6.42 Å². The molecule has 0 spiro atoms. The third kappa shape index (κ3) is 1.79. The highest BCUT2D eigenvalue weighted by Crippen LogP contribution is 2.15. The van der Waals surface area contributed by atoms with Crippen molar-refractivity contribution in [1.29, 1.82) is 0 Å². The Morgan fingerprint density at radius 2 is 2.43 bits per heavy atom. The second-order valence-corrected chi connectivity index (χ2v) is 2.95. The zero-order chi connectivity index (χ0) is 9.80. The first kappa shape index (κ1) is 8.87. The van der Waals surface area contributed by atoms with Crippen molar-refractivity contribution in [1.82, 2.24) is 5.16 Å². The third-order valence-electron chi connectivity index (χ3n) is 2.00. The predicted octanol–water partition coefficient (Wildman–Crippen LogP) is 2.44. The zero-order valence-electron chi connectivity index (χ0n) is 7.99. The van der Waals surface area contributed by atoms with E-state index < -0.39 is 0 Å². The smallest absolute Gasteiger partial charge is 0.159 e. The first-order valence-corrected chi connectivity index (χ1v) is 4.60. The molecule has 4 heteroatoms. The lowest BCUT2D eigenvalue weighted by molar-refractivity contribution is 0.387. The van der Waals surface area contributed by atoms with Crippen molar-refractivity contribution in [3.8, 4) is 0 Å². The summed E-state index contributed by atoms with van der Waals surface area (Å²) >= 11 is 0. The van der Waals surface area contributed by atoms with Crippen molar-refractivity contribution in [2.24, 2.45) is 0 Å². The van der Waals surface area contributed by atoms with E-state index in [1.165, 1.54) is 0 Å². The van der Waals surface area contributed by atoms with Crippen molar-refractivity contribution in [2.75, 3.05) is 5.32 Å². The third-order valence-corrected chi connectivity index (χ3v) is 2.00. The molecule has 0 unspecified atom stereocenters. The quantitative estimate of drug-likeness (QED) is 0.808. The highest BCUT2D eigenvalue weighted by atomic mass is 16.5. The molecule has 0 aromatic carbocycles. The molecular formula is C10H12N2O2. The van der Waals surface area contributed by atoms with Gasteiger partial charge in [0.2, 0.25) is 0 Å². The molecule has 0 aliphatic carbocycles. The number of aryl methyl sites for hydroxylation is 1. The van der Waals surface area contributed by atoms with Gasteiger partial charge >= 0.3 is 0 Å². The van der Waals surface area contributed by atoms with Gasteiger partial charge in [-0.3, -0.25) is 0 Å². The molecule has 0 saturated heterocycles. The second-order valence-electron chi connectivity index (χ2n) is 2.95. The van der Waals surface area contributed by atoms with Crippen LogP contribution >= 0.6 is 0 Å². The van der Waals surface area contributed by atoms with Crippen LogP contribution in [0.5, 0.6) is 0 Å². The van der Waals surface area contributed by atoms with Crippen molar-refractivity contribution < 1.29 is 8.94 Å². The fraction of sp³-hybridized carbons (Fsp3) is 0.300. The molecule has 2 aromatic rings. The summed E-state index contributed by atoms with van der Waals surface area (Å²) in [5, 5.41) is 6.92. The number of nitrogens with one attached hydrogen (secondary N) is 1. The SMILES string of the molecule is CCc1oncc1NCc1ccco1. The minimum Gasteiger partial charge on any atom is -0.467 e. The summed E-state index contributed by atoms with van der Waals surface area (Å²) in [5.41, 5.74) is 0.934. The number of hydrogen-bond acceptors (Lipinski definition) is 4. The average molecular weight is 192 g/mol. The van der Waals surface area contributed by atoms with Crippen LogP contribution in [-0.4, -0.2) is 5.16 Å². The Labute approximate surface area is 81.9 Å². The standard InChI is InChI=1S/C10H12N2O2/c1-2-10-9(7-12-14-10)11-6-8-4-3-5-13-8/h3-5,7,11H,2,6H2,1H3. The van der Waals surface area contributed by atoms with Gasteiger partial charge < -0.3 is 14.3 Å². The number of furan rings is 1. The fourth-order valence-electron chi connectivity index (χ4n) is 1.26. The van der Waals surface area contributed by atoms with E-state index in [0.717, 1.165) is 23.6 Å². The fourth-order valence-corrected chi connectivity index (χ4v) is 1.26. The van der Waals surface area contributed by atoms with Gasteiger partial charge in [0.25, 0.3) is 0 Å². The topological polar surface area (TPSA) is 51.2 Å². The summed E-state index contributed by atoms with van der Waals surface area (Å²) in [7, 11) is 0. The minimum atomic E-state index is 0.654. The molecule has 14 heavy (non-hydrogen) atoms. The monoisotopic (exact) mass is 192 g/mol. The normalized spacial score (nSPS) is 10.4. The summed E-state index contributed by atoms with van der Waals surface area (Å²) in [6, 6.07) is 3.79. The summed E-state index contributed by atoms with van der Waals surface area (Å²) in [5.74, 6) is 1.77. The molecule has 0 fully saturated rings. The van der Waals surface area contributed by atoms with Gasteiger partial charge in [-0.2, -0.15) is 0 Å². The van der Waals surface area contributed by atoms with Crippen molar-refractivity contribution in [2.45, 2.75) is 19.9 Å². The van der Waals surface area contributed by atoms with Crippen LogP contribution < -0.4 is 5.32 Å². The van der Waals surface area contributed by atoms with E-state index in [0.29, 0.717) is 6.54 Å². The molecule has 2 rings (SSSR count). The van der Waals surface area contributed by atoms with Crippen molar-refractivity contribution >= 4 is 5.69 Å². The highest BCUT2D eigenvalue weighted by molar-refractivity contribution is 5.44. The molecule has 2 aromatic heterocycles. The molecule has 74 valence electrons. The van der Waals surface area contributed by atoms with Gasteiger partial charge in [0.15, 0.2) is 5.76 Å². The summed E-state index contributed by atoms with van der Waals surface area (Å²) in [6.07, 6.45) is 4.17. The van der Waals surface area contributed by atoms with Crippen LogP contribution in [0.15, 0.2) is 33.5 Å². The maximum Gasteiger partial charge on any atom is 0.159 e. The lowest BCUT2D eigenvalue weighted by Crippen LogP contribution is -1.98. The Morgan fingerprint density at radius 3 is 3.14 bits per heavy atom. The maximum atomic E-state index is 5.19. The van der Waals surface area contributed by atoms with Crippen LogP contribution in [0, 0.1) is 0 Å². The van der Waals surface area contributed by atoms with E-state index in [1.54, 1.807) is 12.5 Å². The number of nitrogens with zero attached hydrogens (tertiary/aromatic N) is 1. The predicted molar refractivity (Wildman–Crippen MR) is 51.9 cm³/mol. The Hall–Kier alpha value is -1.71. The lowest BCUT2D eigenvalue weighted by atomic mass is 10.3. The Bertz CT molecular complexity index is 378. The first-order valence-electron chi connectivity index (χ1n) is 4.60. The number of aromatic nitrogens is 1. The molecule has 0 amide bonds. The Kier molecular flexibility index (Phi) is 2.53. The number of hydrogen-bond donors (Lipinski definition) is 1. The van der Waals surface area contributed by atoms with E-state index in [1.807, 2.05) is 19.1 Å². The van der Waals surface area contributed by atoms with Gasteiger partial charge in [-0.1, -0.05) is 12.1 Å². The number of rotatable bonds is 4. The van der Waals surface area contributed by atoms with Gasteiger partial charge in [-0.15, -0.1) is 0 Å². The zero-order valence-corrected chi connectivity index (χ0v) is 7.99. The van der Waals surface area contributed by atoms with Gasteiger partial charge in [-0.25, -0.2) is 0 Å². The van der Waals surface area contributed by atoms with Crippen LogP contribution in [0.4, 0.5) is 5.69 Å². The van der Waals surface area contributed by atoms with Crippen LogP contribution in [0.3, 0.4) is 0 Å². The second kappa shape index (κ2) is 4.00. The molecule has 0 radical (unpaired) electrons. The first-order chi connectivity index (χ1) is 6.90. The molecule has 0 bridgehead atoms. The van der Waals surface area contributed by atoms with Crippen molar-refractivity contribution in [3.63, 3.8) is 0 Å². The Balaban J connectivity index is 1.98. The molecule has 0 saturated carbocycles. The minimum absolute atomic E-state index is 0.654. The molecule has 1 N–H and O–H groups in total. The summed E-state index contributed by atoms with van der Waals surface area (Å²) < 4.78 is 10.2. The van der Waals surface area contributed by atoms with Crippen molar-refractivity contribution in [3.05, 3.63) is 36.1 Å². The van der Waals surface area contributed by atoms with Gasteiger partial charge in [-0.05, 0) is 12.1 Å². The van der Waals surface area contributed by atoms with E-state index in [9.17, 15) is 0 Å². The molecule has 4 nitrogen and oxygen atoms in total. The molecule has 0 aliphatic rings. The van der Waals surface area contributed by atoms with E-state index in [-0.39, 0.29) is 0 Å². The molecular weight excluding hydrogens is 180 g/mol. The summed E-state index contributed by atoms with van der Waals surface area (Å²) in [6.45, 7) is 2.68. The summed E-state index contributed by atoms with van der Waals surface area (Å²) in [4.78, 5) is 0. The van der Waals surface area contributed by atoms with Gasteiger partial charge in [0.1, 0.15) is 5.76 Å². The Morgan fingerprint density at radius 1 is 1.50 bits per heavy atom. The molecule has 0 aliphatic heterocycles.